The first-order valence-corrected chi connectivity index (χ1v) is 5.65. The molecule has 13 heavy (non-hydrogen) atoms. The van der Waals surface area contributed by atoms with E-state index in [1.807, 2.05) is 7.05 Å². The number of halogens is 1. The maximum Gasteiger partial charge on any atom is 0.117 e. The molecule has 0 aromatic carbocycles. The Morgan fingerprint density at radius 3 is 3.00 bits per heavy atom. The minimum Gasteiger partial charge on any atom is -0.383 e. The van der Waals surface area contributed by atoms with Crippen LogP contribution in [0.5, 0.6) is 0 Å². The fourth-order valence-corrected chi connectivity index (χ4v) is 3.26. The molecule has 1 N–H and O–H groups in total. The lowest BCUT2D eigenvalue weighted by atomic mass is 9.99. The molecule has 5 heteroatoms. The van der Waals surface area contributed by atoms with Crippen LogP contribution in [0.1, 0.15) is 12.1 Å². The quantitative estimate of drug-likeness (QED) is 0.775. The molecule has 1 aliphatic rings. The summed E-state index contributed by atoms with van der Waals surface area (Å²) in [4.78, 5) is 0. The average Bonchev–Trinajstić information content (AvgIpc) is 2.60. The number of hydrogen-bond acceptors (Lipinski definition) is 3. The van der Waals surface area contributed by atoms with Crippen molar-refractivity contribution in [1.82, 2.24) is 9.78 Å². The van der Waals surface area contributed by atoms with Crippen LogP contribution >= 0.6 is 23.4 Å². The lowest BCUT2D eigenvalue weighted by molar-refractivity contribution is 0.0571. The van der Waals surface area contributed by atoms with E-state index in [0.29, 0.717) is 10.8 Å². The Bertz CT molecular complexity index is 300. The van der Waals surface area contributed by atoms with Gasteiger partial charge in [0.2, 0.25) is 0 Å². The molecule has 1 saturated heterocycles. The third kappa shape index (κ3) is 1.47. The Morgan fingerprint density at radius 1 is 1.77 bits per heavy atom. The number of rotatable bonds is 1. The normalized spacial score (nSPS) is 28.2. The van der Waals surface area contributed by atoms with Crippen LogP contribution in [-0.2, 0) is 12.6 Å². The average molecular weight is 219 g/mol. The van der Waals surface area contributed by atoms with Gasteiger partial charge in [0.05, 0.1) is 16.9 Å². The van der Waals surface area contributed by atoms with Crippen LogP contribution in [0.3, 0.4) is 0 Å². The zero-order valence-corrected chi connectivity index (χ0v) is 8.90. The second-order valence-electron chi connectivity index (χ2n) is 3.30. The van der Waals surface area contributed by atoms with Crippen molar-refractivity contribution in [2.24, 2.45) is 7.05 Å². The Hall–Kier alpha value is -0.190. The van der Waals surface area contributed by atoms with Crippen molar-refractivity contribution in [3.05, 3.63) is 16.9 Å². The van der Waals surface area contributed by atoms with E-state index in [1.54, 1.807) is 22.6 Å². The van der Waals surface area contributed by atoms with Gasteiger partial charge in [-0.25, -0.2) is 0 Å². The molecule has 1 aromatic rings. The molecular formula is C8H11ClN2OS. The Labute approximate surface area is 86.1 Å². The summed E-state index contributed by atoms with van der Waals surface area (Å²) in [6.45, 7) is 0. The van der Waals surface area contributed by atoms with E-state index < -0.39 is 5.60 Å². The number of nitrogens with zero attached hydrogens (tertiary/aromatic N) is 2. The number of aromatic nitrogens is 2. The van der Waals surface area contributed by atoms with Gasteiger partial charge in [0, 0.05) is 12.8 Å². The van der Waals surface area contributed by atoms with Crippen LogP contribution in [-0.4, -0.2) is 26.4 Å². The van der Waals surface area contributed by atoms with E-state index in [-0.39, 0.29) is 0 Å². The zero-order chi connectivity index (χ0) is 9.47. The van der Waals surface area contributed by atoms with E-state index in [0.717, 1.165) is 17.9 Å². The first-order valence-electron chi connectivity index (χ1n) is 4.11. The largest absolute Gasteiger partial charge is 0.383 e. The Morgan fingerprint density at radius 2 is 2.54 bits per heavy atom. The van der Waals surface area contributed by atoms with Gasteiger partial charge in [-0.15, -0.1) is 0 Å². The molecule has 0 radical (unpaired) electrons. The fourth-order valence-electron chi connectivity index (χ4n) is 1.68. The number of hydrogen-bond donors (Lipinski definition) is 1. The molecule has 0 aliphatic carbocycles. The van der Waals surface area contributed by atoms with Gasteiger partial charge in [-0.1, -0.05) is 11.6 Å². The van der Waals surface area contributed by atoms with Gasteiger partial charge < -0.3 is 5.11 Å². The SMILES string of the molecule is Cn1ncc(Cl)c1C1(O)CCSC1. The third-order valence-corrected chi connectivity index (χ3v) is 3.79. The van der Waals surface area contributed by atoms with Crippen LogP contribution < -0.4 is 0 Å². The molecule has 2 heterocycles. The molecule has 1 unspecified atom stereocenters. The highest BCUT2D eigenvalue weighted by Gasteiger charge is 2.38. The fraction of sp³-hybridized carbons (Fsp3) is 0.625. The Kier molecular flexibility index (Phi) is 2.30. The number of aliphatic hydroxyl groups is 1. The number of thioether (sulfide) groups is 1. The maximum atomic E-state index is 10.2. The van der Waals surface area contributed by atoms with Gasteiger partial charge in [-0.05, 0) is 12.2 Å². The third-order valence-electron chi connectivity index (χ3n) is 2.34. The smallest absolute Gasteiger partial charge is 0.117 e. The number of aryl methyl sites for hydroxylation is 1. The molecule has 2 rings (SSSR count). The molecule has 72 valence electrons. The second-order valence-corrected chi connectivity index (χ2v) is 4.81. The van der Waals surface area contributed by atoms with Gasteiger partial charge in [0.15, 0.2) is 0 Å². The summed E-state index contributed by atoms with van der Waals surface area (Å²) >= 11 is 7.71. The van der Waals surface area contributed by atoms with E-state index in [9.17, 15) is 5.11 Å². The predicted molar refractivity (Wildman–Crippen MR) is 54.1 cm³/mol. The van der Waals surface area contributed by atoms with Crippen molar-refractivity contribution >= 4 is 23.4 Å². The van der Waals surface area contributed by atoms with Crippen LogP contribution in [0.15, 0.2) is 6.20 Å². The zero-order valence-electron chi connectivity index (χ0n) is 7.33. The minimum atomic E-state index is -0.771. The summed E-state index contributed by atoms with van der Waals surface area (Å²) in [5.41, 5.74) is -0.0216. The summed E-state index contributed by atoms with van der Waals surface area (Å²) in [5, 5.41) is 14.8. The van der Waals surface area contributed by atoms with Gasteiger partial charge in [0.25, 0.3) is 0 Å². The monoisotopic (exact) mass is 218 g/mol. The van der Waals surface area contributed by atoms with Crippen LogP contribution in [0, 0.1) is 0 Å². The summed E-state index contributed by atoms with van der Waals surface area (Å²) in [6, 6.07) is 0. The highest BCUT2D eigenvalue weighted by atomic mass is 35.5. The molecule has 1 aromatic heterocycles. The molecule has 1 aliphatic heterocycles. The van der Waals surface area contributed by atoms with Crippen molar-refractivity contribution in [3.8, 4) is 0 Å². The summed E-state index contributed by atoms with van der Waals surface area (Å²) in [7, 11) is 1.81. The van der Waals surface area contributed by atoms with Crippen molar-refractivity contribution in [2.45, 2.75) is 12.0 Å². The van der Waals surface area contributed by atoms with Gasteiger partial charge in [-0.2, -0.15) is 16.9 Å². The van der Waals surface area contributed by atoms with E-state index in [4.69, 9.17) is 11.6 Å². The first-order chi connectivity index (χ1) is 6.13. The van der Waals surface area contributed by atoms with E-state index in [1.165, 1.54) is 0 Å². The van der Waals surface area contributed by atoms with E-state index >= 15 is 0 Å². The molecule has 0 bridgehead atoms. The summed E-state index contributed by atoms with van der Waals surface area (Å²) < 4.78 is 1.66. The van der Waals surface area contributed by atoms with Crippen molar-refractivity contribution in [1.29, 1.82) is 0 Å². The highest BCUT2D eigenvalue weighted by Crippen LogP contribution is 2.39. The summed E-state index contributed by atoms with van der Waals surface area (Å²) in [6.07, 6.45) is 2.34. The second kappa shape index (κ2) is 3.19. The van der Waals surface area contributed by atoms with Crippen molar-refractivity contribution in [3.63, 3.8) is 0 Å². The topological polar surface area (TPSA) is 38.0 Å². The molecule has 3 nitrogen and oxygen atoms in total. The maximum absolute atomic E-state index is 10.2. The first kappa shape index (κ1) is 9.37. The van der Waals surface area contributed by atoms with Crippen molar-refractivity contribution < 1.29 is 5.11 Å². The predicted octanol–water partition coefficient (Wildman–Crippen LogP) is 1.40. The van der Waals surface area contributed by atoms with Crippen LogP contribution in [0.2, 0.25) is 5.02 Å². The molecular weight excluding hydrogens is 208 g/mol. The van der Waals surface area contributed by atoms with Gasteiger partial charge >= 0.3 is 0 Å². The van der Waals surface area contributed by atoms with Crippen LogP contribution in [0.4, 0.5) is 0 Å². The Balaban J connectivity index is 2.43. The summed E-state index contributed by atoms with van der Waals surface area (Å²) in [5.74, 6) is 1.70. The van der Waals surface area contributed by atoms with Crippen molar-refractivity contribution in [2.75, 3.05) is 11.5 Å². The van der Waals surface area contributed by atoms with E-state index in [2.05, 4.69) is 5.10 Å². The van der Waals surface area contributed by atoms with Gasteiger partial charge in [-0.3, -0.25) is 4.68 Å². The molecule has 1 fully saturated rings. The molecule has 0 amide bonds. The molecule has 0 spiro atoms. The minimum absolute atomic E-state index is 0.563. The lowest BCUT2D eigenvalue weighted by Gasteiger charge is -2.21. The highest BCUT2D eigenvalue weighted by molar-refractivity contribution is 7.99. The standard InChI is InChI=1S/C8H11ClN2OS/c1-11-7(6(9)4-10-11)8(12)2-3-13-5-8/h4,12H,2-3,5H2,1H3. The van der Waals surface area contributed by atoms with Gasteiger partial charge in [0.1, 0.15) is 5.60 Å². The molecule has 1 atom stereocenters. The van der Waals surface area contributed by atoms with Crippen LogP contribution in [0.25, 0.3) is 0 Å². The lowest BCUT2D eigenvalue weighted by Crippen LogP contribution is -2.28. The molecule has 0 saturated carbocycles.